The molecule has 0 saturated carbocycles. The lowest BCUT2D eigenvalue weighted by atomic mass is 10.2. The standard InChI is InChI=1S/C18H27NO4/c1-5-14(3)19(11-10-18(21)22-4)17(20)13-23-16-9-7-8-15(6-2)12-16/h7-9,12,14H,5-6,10-11,13H2,1-4H3. The van der Waals surface area contributed by atoms with Gasteiger partial charge in [-0.05, 0) is 37.5 Å². The lowest BCUT2D eigenvalue weighted by Crippen LogP contribution is -2.42. The summed E-state index contributed by atoms with van der Waals surface area (Å²) < 4.78 is 10.3. The lowest BCUT2D eigenvalue weighted by Gasteiger charge is -2.28. The number of ether oxygens (including phenoxy) is 2. The molecule has 23 heavy (non-hydrogen) atoms. The van der Waals surface area contributed by atoms with Crippen molar-refractivity contribution >= 4 is 11.9 Å². The summed E-state index contributed by atoms with van der Waals surface area (Å²) in [4.78, 5) is 25.4. The molecule has 0 saturated heterocycles. The summed E-state index contributed by atoms with van der Waals surface area (Å²) in [5.41, 5.74) is 1.17. The molecule has 128 valence electrons. The van der Waals surface area contributed by atoms with E-state index in [1.54, 1.807) is 4.90 Å². The van der Waals surface area contributed by atoms with E-state index in [9.17, 15) is 9.59 Å². The van der Waals surface area contributed by atoms with E-state index in [1.165, 1.54) is 12.7 Å². The van der Waals surface area contributed by atoms with E-state index >= 15 is 0 Å². The van der Waals surface area contributed by atoms with Gasteiger partial charge < -0.3 is 14.4 Å². The van der Waals surface area contributed by atoms with Gasteiger partial charge in [0.05, 0.1) is 13.5 Å². The molecule has 0 aliphatic carbocycles. The van der Waals surface area contributed by atoms with Crippen molar-refractivity contribution < 1.29 is 19.1 Å². The summed E-state index contributed by atoms with van der Waals surface area (Å²) in [7, 11) is 1.35. The van der Waals surface area contributed by atoms with Crippen LogP contribution in [0.2, 0.25) is 0 Å². The molecule has 5 heteroatoms. The summed E-state index contributed by atoms with van der Waals surface area (Å²) in [6.45, 7) is 6.36. The van der Waals surface area contributed by atoms with Crippen LogP contribution in [0.5, 0.6) is 5.75 Å². The minimum absolute atomic E-state index is 0.0291. The van der Waals surface area contributed by atoms with Gasteiger partial charge in [-0.1, -0.05) is 26.0 Å². The number of amides is 1. The summed E-state index contributed by atoms with van der Waals surface area (Å²) in [5, 5.41) is 0. The number of carbonyl (C=O) groups is 2. The van der Waals surface area contributed by atoms with Gasteiger partial charge in [0.2, 0.25) is 0 Å². The number of methoxy groups -OCH3 is 1. The molecule has 0 N–H and O–H groups in total. The Balaban J connectivity index is 2.63. The molecule has 0 radical (unpaired) electrons. The van der Waals surface area contributed by atoms with Gasteiger partial charge in [0.25, 0.3) is 5.91 Å². The SMILES string of the molecule is CCc1cccc(OCC(=O)N(CCC(=O)OC)C(C)CC)c1. The van der Waals surface area contributed by atoms with Crippen molar-refractivity contribution in [3.05, 3.63) is 29.8 Å². The Bertz CT molecular complexity index is 515. The molecule has 0 fully saturated rings. The minimum atomic E-state index is -0.317. The number of aryl methyl sites for hydroxylation is 1. The summed E-state index contributed by atoms with van der Waals surface area (Å²) in [5.74, 6) is 0.252. The van der Waals surface area contributed by atoms with Crippen LogP contribution < -0.4 is 4.74 Å². The number of benzene rings is 1. The van der Waals surface area contributed by atoms with Gasteiger partial charge in [-0.25, -0.2) is 0 Å². The number of rotatable bonds is 9. The third-order valence-electron chi connectivity index (χ3n) is 3.90. The van der Waals surface area contributed by atoms with Crippen LogP contribution in [0.25, 0.3) is 0 Å². The fourth-order valence-electron chi connectivity index (χ4n) is 2.21. The van der Waals surface area contributed by atoms with Gasteiger partial charge in [0.1, 0.15) is 5.75 Å². The Hall–Kier alpha value is -2.04. The van der Waals surface area contributed by atoms with Gasteiger partial charge in [0, 0.05) is 12.6 Å². The first kappa shape index (κ1) is 19.0. The van der Waals surface area contributed by atoms with E-state index in [4.69, 9.17) is 4.74 Å². The topological polar surface area (TPSA) is 55.8 Å². The van der Waals surface area contributed by atoms with E-state index in [2.05, 4.69) is 11.7 Å². The molecule has 1 aromatic carbocycles. The Morgan fingerprint density at radius 3 is 2.61 bits per heavy atom. The van der Waals surface area contributed by atoms with Crippen molar-refractivity contribution in [3.8, 4) is 5.75 Å². The zero-order chi connectivity index (χ0) is 17.2. The molecule has 0 spiro atoms. The van der Waals surface area contributed by atoms with Crippen LogP contribution in [0.4, 0.5) is 0 Å². The molecular formula is C18H27NO4. The Morgan fingerprint density at radius 1 is 1.26 bits per heavy atom. The number of carbonyl (C=O) groups excluding carboxylic acids is 2. The zero-order valence-corrected chi connectivity index (χ0v) is 14.5. The maximum absolute atomic E-state index is 12.4. The fraction of sp³-hybridized carbons (Fsp3) is 0.556. The van der Waals surface area contributed by atoms with Gasteiger partial charge in [-0.3, -0.25) is 9.59 Å². The second kappa shape index (κ2) is 9.87. The molecule has 5 nitrogen and oxygen atoms in total. The number of esters is 1. The third kappa shape index (κ3) is 6.30. The average Bonchev–Trinajstić information content (AvgIpc) is 2.59. The molecule has 0 aromatic heterocycles. The van der Waals surface area contributed by atoms with Crippen LogP contribution in [-0.4, -0.2) is 43.1 Å². The first-order valence-electron chi connectivity index (χ1n) is 8.09. The molecule has 0 aliphatic rings. The molecule has 0 heterocycles. The highest BCUT2D eigenvalue weighted by molar-refractivity contribution is 5.79. The van der Waals surface area contributed by atoms with Gasteiger partial charge in [-0.2, -0.15) is 0 Å². The minimum Gasteiger partial charge on any atom is -0.484 e. The molecule has 1 atom stereocenters. The Labute approximate surface area is 138 Å². The van der Waals surface area contributed by atoms with Crippen LogP contribution >= 0.6 is 0 Å². The van der Waals surface area contributed by atoms with Crippen LogP contribution in [0.1, 0.15) is 39.2 Å². The predicted octanol–water partition coefficient (Wildman–Crippen LogP) is 2.82. The Morgan fingerprint density at radius 2 is 2.00 bits per heavy atom. The van der Waals surface area contributed by atoms with E-state index in [1.807, 2.05) is 38.1 Å². The van der Waals surface area contributed by atoms with Crippen molar-refractivity contribution in [2.75, 3.05) is 20.3 Å². The van der Waals surface area contributed by atoms with Crippen molar-refractivity contribution in [3.63, 3.8) is 0 Å². The molecular weight excluding hydrogens is 294 g/mol. The highest BCUT2D eigenvalue weighted by Gasteiger charge is 2.20. The van der Waals surface area contributed by atoms with Gasteiger partial charge >= 0.3 is 5.97 Å². The maximum atomic E-state index is 12.4. The van der Waals surface area contributed by atoms with Crippen molar-refractivity contribution in [1.29, 1.82) is 0 Å². The first-order valence-corrected chi connectivity index (χ1v) is 8.09. The van der Waals surface area contributed by atoms with E-state index in [0.29, 0.717) is 12.3 Å². The van der Waals surface area contributed by atoms with Gasteiger partial charge in [0.15, 0.2) is 6.61 Å². The number of hydrogen-bond donors (Lipinski definition) is 0. The largest absolute Gasteiger partial charge is 0.484 e. The molecule has 1 amide bonds. The zero-order valence-electron chi connectivity index (χ0n) is 14.5. The number of nitrogens with zero attached hydrogens (tertiary/aromatic N) is 1. The predicted molar refractivity (Wildman–Crippen MR) is 89.4 cm³/mol. The van der Waals surface area contributed by atoms with Crippen molar-refractivity contribution in [2.24, 2.45) is 0 Å². The third-order valence-corrected chi connectivity index (χ3v) is 3.90. The van der Waals surface area contributed by atoms with Crippen molar-refractivity contribution in [2.45, 2.75) is 46.1 Å². The van der Waals surface area contributed by atoms with E-state index in [-0.39, 0.29) is 30.9 Å². The number of hydrogen-bond acceptors (Lipinski definition) is 4. The van der Waals surface area contributed by atoms with Gasteiger partial charge in [-0.15, -0.1) is 0 Å². The van der Waals surface area contributed by atoms with Crippen LogP contribution in [0.15, 0.2) is 24.3 Å². The highest BCUT2D eigenvalue weighted by atomic mass is 16.5. The average molecular weight is 321 g/mol. The van der Waals surface area contributed by atoms with Crippen molar-refractivity contribution in [1.82, 2.24) is 4.90 Å². The molecule has 0 bridgehead atoms. The molecule has 0 aliphatic heterocycles. The smallest absolute Gasteiger partial charge is 0.307 e. The normalized spacial score (nSPS) is 11.7. The molecule has 1 unspecified atom stereocenters. The monoisotopic (exact) mass is 321 g/mol. The Kier molecular flexibility index (Phi) is 8.16. The fourth-order valence-corrected chi connectivity index (χ4v) is 2.21. The quantitative estimate of drug-likeness (QED) is 0.656. The van der Waals surface area contributed by atoms with E-state index < -0.39 is 0 Å². The lowest BCUT2D eigenvalue weighted by molar-refractivity contribution is -0.142. The van der Waals surface area contributed by atoms with Crippen LogP contribution in [0, 0.1) is 0 Å². The second-order valence-corrected chi connectivity index (χ2v) is 5.46. The van der Waals surface area contributed by atoms with E-state index in [0.717, 1.165) is 12.8 Å². The van der Waals surface area contributed by atoms with Crippen LogP contribution in [-0.2, 0) is 20.7 Å². The summed E-state index contributed by atoms with van der Waals surface area (Å²) in [6.07, 6.45) is 1.93. The molecule has 1 aromatic rings. The second-order valence-electron chi connectivity index (χ2n) is 5.46. The molecule has 1 rings (SSSR count). The summed E-state index contributed by atoms with van der Waals surface area (Å²) in [6, 6.07) is 7.78. The maximum Gasteiger partial charge on any atom is 0.307 e. The summed E-state index contributed by atoms with van der Waals surface area (Å²) >= 11 is 0. The highest BCUT2D eigenvalue weighted by Crippen LogP contribution is 2.14. The first-order chi connectivity index (χ1) is 11.0. The van der Waals surface area contributed by atoms with Crippen LogP contribution in [0.3, 0.4) is 0 Å².